The van der Waals surface area contributed by atoms with Gasteiger partial charge in [0, 0.05) is 11.1 Å². The highest BCUT2D eigenvalue weighted by Gasteiger charge is 2.39. The van der Waals surface area contributed by atoms with Crippen molar-refractivity contribution in [1.82, 2.24) is 0 Å². The zero-order valence-electron chi connectivity index (χ0n) is 19.6. The van der Waals surface area contributed by atoms with E-state index in [0.29, 0.717) is 11.8 Å². The number of nitrogens with zero attached hydrogens (tertiary/aromatic N) is 1. The lowest BCUT2D eigenvalue weighted by Crippen LogP contribution is -2.31. The molecule has 0 aromatic heterocycles. The van der Waals surface area contributed by atoms with E-state index in [0.717, 1.165) is 24.2 Å². The van der Waals surface area contributed by atoms with Crippen LogP contribution in [-0.4, -0.2) is 7.11 Å². The van der Waals surface area contributed by atoms with E-state index < -0.39 is 5.41 Å². The summed E-state index contributed by atoms with van der Waals surface area (Å²) in [4.78, 5) is 0. The Morgan fingerprint density at radius 3 is 1.59 bits per heavy atom. The fourth-order valence-corrected chi connectivity index (χ4v) is 4.04. The fourth-order valence-electron chi connectivity index (χ4n) is 4.04. The Morgan fingerprint density at radius 1 is 0.852 bits per heavy atom. The molecule has 0 spiro atoms. The van der Waals surface area contributed by atoms with Crippen LogP contribution < -0.4 is 4.74 Å². The molecule has 0 bridgehead atoms. The molecule has 152 valence electrons. The Balaban J connectivity index is 3.98. The summed E-state index contributed by atoms with van der Waals surface area (Å²) in [6, 6.07) is 7.29. The van der Waals surface area contributed by atoms with Crippen LogP contribution in [0.25, 0.3) is 0 Å². The van der Waals surface area contributed by atoms with Crippen molar-refractivity contribution >= 4 is 0 Å². The predicted molar refractivity (Wildman–Crippen MR) is 117 cm³/mol. The molecule has 1 aromatic carbocycles. The highest BCUT2D eigenvalue weighted by Crippen LogP contribution is 2.47. The first-order chi connectivity index (χ1) is 12.2. The molecule has 0 saturated heterocycles. The molecule has 0 atom stereocenters. The summed E-state index contributed by atoms with van der Waals surface area (Å²) < 4.78 is 5.99. The standard InChI is InChI=1S/C25H41NO/c1-17(2)14-25(16-26,15-18(3)4)21-13-19(23(5,6)7)12-20(22(21)27-11)24(8,9)10/h12-13,17-18H,14-15H2,1-11H3. The van der Waals surface area contributed by atoms with Gasteiger partial charge in [-0.2, -0.15) is 5.26 Å². The normalized spacial score (nSPS) is 13.2. The second kappa shape index (κ2) is 8.26. The van der Waals surface area contributed by atoms with Crippen LogP contribution in [0, 0.1) is 23.2 Å². The minimum Gasteiger partial charge on any atom is -0.496 e. The second-order valence-corrected chi connectivity index (χ2v) is 11.0. The Morgan fingerprint density at radius 2 is 1.30 bits per heavy atom. The first kappa shape index (κ1) is 23.5. The Labute approximate surface area is 168 Å². The maximum absolute atomic E-state index is 10.4. The summed E-state index contributed by atoms with van der Waals surface area (Å²) in [6.45, 7) is 22.2. The predicted octanol–water partition coefficient (Wildman–Crippen LogP) is 7.14. The number of hydrogen-bond acceptors (Lipinski definition) is 2. The van der Waals surface area contributed by atoms with Crippen LogP contribution >= 0.6 is 0 Å². The minimum atomic E-state index is -0.533. The minimum absolute atomic E-state index is 0.0118. The van der Waals surface area contributed by atoms with E-state index in [2.05, 4.69) is 87.4 Å². The van der Waals surface area contributed by atoms with E-state index in [4.69, 9.17) is 4.74 Å². The quantitative estimate of drug-likeness (QED) is 0.532. The third-order valence-corrected chi connectivity index (χ3v) is 5.21. The van der Waals surface area contributed by atoms with E-state index in [1.807, 2.05) is 0 Å². The molecule has 1 aromatic rings. The molecule has 2 heteroatoms. The van der Waals surface area contributed by atoms with E-state index in [1.54, 1.807) is 7.11 Å². The van der Waals surface area contributed by atoms with E-state index in [1.165, 1.54) is 11.1 Å². The van der Waals surface area contributed by atoms with Gasteiger partial charge in [-0.15, -0.1) is 0 Å². The second-order valence-electron chi connectivity index (χ2n) is 11.0. The number of methoxy groups -OCH3 is 1. The lowest BCUT2D eigenvalue weighted by atomic mass is 9.67. The number of ether oxygens (including phenoxy) is 1. The van der Waals surface area contributed by atoms with Crippen molar-refractivity contribution in [2.45, 2.75) is 98.3 Å². The molecule has 0 aliphatic rings. The Bertz CT molecular complexity index is 668. The van der Waals surface area contributed by atoms with E-state index in [-0.39, 0.29) is 10.8 Å². The lowest BCUT2D eigenvalue weighted by Gasteiger charge is -2.36. The molecule has 0 aliphatic carbocycles. The van der Waals surface area contributed by atoms with Crippen molar-refractivity contribution in [2.24, 2.45) is 11.8 Å². The van der Waals surface area contributed by atoms with Crippen LogP contribution in [0.15, 0.2) is 12.1 Å². The molecular formula is C25H41NO. The zero-order valence-corrected chi connectivity index (χ0v) is 19.6. The van der Waals surface area contributed by atoms with Gasteiger partial charge in [-0.1, -0.05) is 75.3 Å². The third-order valence-electron chi connectivity index (χ3n) is 5.21. The average molecular weight is 372 g/mol. The monoisotopic (exact) mass is 371 g/mol. The number of benzene rings is 1. The van der Waals surface area contributed by atoms with E-state index in [9.17, 15) is 5.26 Å². The zero-order chi connectivity index (χ0) is 21.2. The molecule has 0 unspecified atom stereocenters. The van der Waals surface area contributed by atoms with Crippen LogP contribution in [0.1, 0.15) is 98.8 Å². The maximum atomic E-state index is 10.4. The smallest absolute Gasteiger partial charge is 0.127 e. The Hall–Kier alpha value is -1.49. The van der Waals surface area contributed by atoms with Crippen LogP contribution in [0.4, 0.5) is 0 Å². The van der Waals surface area contributed by atoms with Crippen molar-refractivity contribution < 1.29 is 4.74 Å². The molecule has 27 heavy (non-hydrogen) atoms. The molecule has 0 radical (unpaired) electrons. The van der Waals surface area contributed by atoms with Gasteiger partial charge < -0.3 is 4.74 Å². The van der Waals surface area contributed by atoms with Gasteiger partial charge in [-0.25, -0.2) is 0 Å². The van der Waals surface area contributed by atoms with Crippen LogP contribution in [0.3, 0.4) is 0 Å². The summed E-state index contributed by atoms with van der Waals surface area (Å²) >= 11 is 0. The number of rotatable bonds is 6. The van der Waals surface area contributed by atoms with Crippen molar-refractivity contribution in [3.63, 3.8) is 0 Å². The van der Waals surface area contributed by atoms with Crippen molar-refractivity contribution in [3.05, 3.63) is 28.8 Å². The molecule has 0 aliphatic heterocycles. The molecule has 0 N–H and O–H groups in total. The summed E-state index contributed by atoms with van der Waals surface area (Å²) in [7, 11) is 1.75. The summed E-state index contributed by atoms with van der Waals surface area (Å²) in [5.41, 5.74) is 2.97. The van der Waals surface area contributed by atoms with Crippen molar-refractivity contribution in [1.29, 1.82) is 5.26 Å². The van der Waals surface area contributed by atoms with E-state index >= 15 is 0 Å². The molecule has 2 nitrogen and oxygen atoms in total. The third kappa shape index (κ3) is 5.50. The molecule has 0 fully saturated rings. The van der Waals surface area contributed by atoms with Gasteiger partial charge in [0.05, 0.1) is 18.6 Å². The van der Waals surface area contributed by atoms with Gasteiger partial charge in [0.2, 0.25) is 0 Å². The summed E-state index contributed by atoms with van der Waals surface area (Å²) in [6.07, 6.45) is 1.68. The first-order valence-electron chi connectivity index (χ1n) is 10.3. The van der Waals surface area contributed by atoms with Crippen LogP contribution in [0.5, 0.6) is 5.75 Å². The lowest BCUT2D eigenvalue weighted by molar-refractivity contribution is 0.325. The Kier molecular flexibility index (Phi) is 7.20. The first-order valence-corrected chi connectivity index (χ1v) is 10.3. The van der Waals surface area contributed by atoms with Gasteiger partial charge in [0.15, 0.2) is 0 Å². The fraction of sp³-hybridized carbons (Fsp3) is 0.720. The van der Waals surface area contributed by atoms with Crippen LogP contribution in [-0.2, 0) is 16.2 Å². The number of nitriles is 1. The number of hydrogen-bond donors (Lipinski definition) is 0. The largest absolute Gasteiger partial charge is 0.496 e. The highest BCUT2D eigenvalue weighted by molar-refractivity contribution is 5.54. The van der Waals surface area contributed by atoms with Gasteiger partial charge in [-0.05, 0) is 47.1 Å². The maximum Gasteiger partial charge on any atom is 0.127 e. The van der Waals surface area contributed by atoms with Gasteiger partial charge >= 0.3 is 0 Å². The highest BCUT2D eigenvalue weighted by atomic mass is 16.5. The van der Waals surface area contributed by atoms with Gasteiger partial charge in [0.25, 0.3) is 0 Å². The molecular weight excluding hydrogens is 330 g/mol. The van der Waals surface area contributed by atoms with Gasteiger partial charge in [-0.3, -0.25) is 0 Å². The summed E-state index contributed by atoms with van der Waals surface area (Å²) in [5, 5.41) is 10.4. The SMILES string of the molecule is COc1c(C(C)(C)C)cc(C(C)(C)C)cc1C(C#N)(CC(C)C)CC(C)C. The average Bonchev–Trinajstić information content (AvgIpc) is 2.50. The molecule has 0 amide bonds. The molecule has 0 heterocycles. The van der Waals surface area contributed by atoms with Crippen molar-refractivity contribution in [2.75, 3.05) is 7.11 Å². The summed E-state index contributed by atoms with van der Waals surface area (Å²) in [5.74, 6) is 1.77. The van der Waals surface area contributed by atoms with Crippen molar-refractivity contribution in [3.8, 4) is 11.8 Å². The van der Waals surface area contributed by atoms with Gasteiger partial charge in [0.1, 0.15) is 5.75 Å². The molecule has 0 saturated carbocycles. The van der Waals surface area contributed by atoms with Crippen LogP contribution in [0.2, 0.25) is 0 Å². The molecule has 1 rings (SSSR count). The topological polar surface area (TPSA) is 33.0 Å².